The molecule has 0 radical (unpaired) electrons. The van der Waals surface area contributed by atoms with Crippen molar-refractivity contribution in [1.82, 2.24) is 4.90 Å². The monoisotopic (exact) mass is 289 g/mol. The average molecular weight is 289 g/mol. The second kappa shape index (κ2) is 6.58. The summed E-state index contributed by atoms with van der Waals surface area (Å²) < 4.78 is 5.48. The lowest BCUT2D eigenvalue weighted by molar-refractivity contribution is 0.0799. The number of likely N-dealkylation sites (tertiary alicyclic amines) is 1. The van der Waals surface area contributed by atoms with Crippen LogP contribution in [-0.2, 0) is 6.42 Å². The van der Waals surface area contributed by atoms with Crippen LogP contribution in [0.15, 0.2) is 18.2 Å². The van der Waals surface area contributed by atoms with Crippen LogP contribution in [0, 0.1) is 0 Å². The molecule has 1 saturated heterocycles. The second-order valence-corrected chi connectivity index (χ2v) is 5.98. The van der Waals surface area contributed by atoms with E-state index in [1.807, 2.05) is 18.2 Å². The molecule has 4 nitrogen and oxygen atoms in total. The number of fused-ring (bicyclic) bond motifs is 1. The summed E-state index contributed by atoms with van der Waals surface area (Å²) in [5.74, 6) is 1.09. The first-order chi connectivity index (χ1) is 10.3. The van der Waals surface area contributed by atoms with E-state index in [0.717, 1.165) is 55.7 Å². The Hall–Kier alpha value is -1.39. The van der Waals surface area contributed by atoms with E-state index in [1.54, 1.807) is 0 Å². The minimum absolute atomic E-state index is 0.175. The van der Waals surface area contributed by atoms with Gasteiger partial charge in [-0.1, -0.05) is 6.42 Å². The summed E-state index contributed by atoms with van der Waals surface area (Å²) in [5, 5.41) is 9.17. The number of carbonyl (C=O) groups is 1. The number of benzene rings is 1. The van der Waals surface area contributed by atoms with Gasteiger partial charge in [-0.25, -0.2) is 0 Å². The van der Waals surface area contributed by atoms with Crippen molar-refractivity contribution in [1.29, 1.82) is 0 Å². The van der Waals surface area contributed by atoms with Gasteiger partial charge in [0.05, 0.1) is 13.2 Å². The van der Waals surface area contributed by atoms with Crippen LogP contribution >= 0.6 is 0 Å². The third kappa shape index (κ3) is 3.27. The maximum absolute atomic E-state index is 12.5. The van der Waals surface area contributed by atoms with E-state index in [4.69, 9.17) is 9.84 Å². The number of nitrogens with zero attached hydrogens (tertiary/aromatic N) is 1. The second-order valence-electron chi connectivity index (χ2n) is 5.98. The normalized spacial score (nSPS) is 21.9. The zero-order chi connectivity index (χ0) is 14.7. The van der Waals surface area contributed by atoms with Crippen molar-refractivity contribution in [3.8, 4) is 5.75 Å². The molecule has 1 unspecified atom stereocenters. The van der Waals surface area contributed by atoms with Crippen LogP contribution in [0.3, 0.4) is 0 Å². The van der Waals surface area contributed by atoms with E-state index in [-0.39, 0.29) is 12.4 Å². The number of aliphatic hydroxyl groups excluding tert-OH is 1. The van der Waals surface area contributed by atoms with Gasteiger partial charge in [-0.05, 0) is 49.6 Å². The Labute approximate surface area is 125 Å². The molecule has 1 aromatic rings. The standard InChI is InChI=1S/C17H23NO3/c19-9-6-15-3-1-2-8-18(15)12-16(20)13-4-5-17-14(11-13)7-10-21-17/h4-5,11,15,19H,1-3,6-10,12H2. The Balaban J connectivity index is 1.67. The summed E-state index contributed by atoms with van der Waals surface area (Å²) in [6.45, 7) is 2.35. The smallest absolute Gasteiger partial charge is 0.176 e. The summed E-state index contributed by atoms with van der Waals surface area (Å²) in [6, 6.07) is 6.12. The lowest BCUT2D eigenvalue weighted by Crippen LogP contribution is -2.43. The maximum Gasteiger partial charge on any atom is 0.176 e. The molecule has 0 amide bonds. The molecular formula is C17H23NO3. The predicted octanol–water partition coefficient (Wildman–Crippen LogP) is 2.04. The van der Waals surface area contributed by atoms with E-state index in [9.17, 15) is 4.79 Å². The van der Waals surface area contributed by atoms with Gasteiger partial charge in [0.15, 0.2) is 5.78 Å². The van der Waals surface area contributed by atoms with Gasteiger partial charge in [-0.2, -0.15) is 0 Å². The number of hydrogen-bond donors (Lipinski definition) is 1. The van der Waals surface area contributed by atoms with Crippen molar-refractivity contribution < 1.29 is 14.6 Å². The first kappa shape index (κ1) is 14.5. The van der Waals surface area contributed by atoms with Crippen LogP contribution in [0.4, 0.5) is 0 Å². The molecule has 0 aromatic heterocycles. The van der Waals surface area contributed by atoms with Crippen molar-refractivity contribution in [3.63, 3.8) is 0 Å². The molecule has 4 heteroatoms. The number of Topliss-reactive ketones (excluding diaryl/α,β-unsaturated/α-hetero) is 1. The Kier molecular flexibility index (Phi) is 4.56. The lowest BCUT2D eigenvalue weighted by Gasteiger charge is -2.34. The SMILES string of the molecule is O=C(CN1CCCCC1CCO)c1ccc2c(c1)CCO2. The molecule has 21 heavy (non-hydrogen) atoms. The summed E-state index contributed by atoms with van der Waals surface area (Å²) >= 11 is 0. The highest BCUT2D eigenvalue weighted by Gasteiger charge is 2.24. The van der Waals surface area contributed by atoms with Gasteiger partial charge >= 0.3 is 0 Å². The molecule has 1 N–H and O–H groups in total. The topological polar surface area (TPSA) is 49.8 Å². The summed E-state index contributed by atoms with van der Waals surface area (Å²) in [6.07, 6.45) is 5.10. The number of hydrogen-bond acceptors (Lipinski definition) is 4. The van der Waals surface area contributed by atoms with Gasteiger partial charge in [-0.3, -0.25) is 9.69 Å². The van der Waals surface area contributed by atoms with Crippen LogP contribution < -0.4 is 4.74 Å². The number of rotatable bonds is 5. The van der Waals surface area contributed by atoms with Crippen molar-refractivity contribution >= 4 is 5.78 Å². The highest BCUT2D eigenvalue weighted by Crippen LogP contribution is 2.26. The molecule has 3 rings (SSSR count). The molecule has 2 aliphatic heterocycles. The molecule has 1 aromatic carbocycles. The number of ketones is 1. The summed E-state index contributed by atoms with van der Waals surface area (Å²) in [7, 11) is 0. The third-order valence-electron chi connectivity index (χ3n) is 4.57. The van der Waals surface area contributed by atoms with Gasteiger partial charge in [0.2, 0.25) is 0 Å². The molecule has 2 heterocycles. The van der Waals surface area contributed by atoms with Gasteiger partial charge in [0.25, 0.3) is 0 Å². The summed E-state index contributed by atoms with van der Waals surface area (Å²) in [5.41, 5.74) is 1.93. The lowest BCUT2D eigenvalue weighted by atomic mass is 9.98. The third-order valence-corrected chi connectivity index (χ3v) is 4.57. The van der Waals surface area contributed by atoms with Gasteiger partial charge < -0.3 is 9.84 Å². The van der Waals surface area contributed by atoms with Crippen LogP contribution in [0.1, 0.15) is 41.6 Å². The first-order valence-corrected chi connectivity index (χ1v) is 7.92. The molecule has 114 valence electrons. The van der Waals surface area contributed by atoms with Crippen LogP contribution in [0.25, 0.3) is 0 Å². The first-order valence-electron chi connectivity index (χ1n) is 7.92. The zero-order valence-electron chi connectivity index (χ0n) is 12.4. The maximum atomic E-state index is 12.5. The fraction of sp³-hybridized carbons (Fsp3) is 0.588. The Morgan fingerprint density at radius 3 is 3.14 bits per heavy atom. The van der Waals surface area contributed by atoms with E-state index in [2.05, 4.69) is 4.90 Å². The van der Waals surface area contributed by atoms with E-state index in [0.29, 0.717) is 12.6 Å². The molecule has 0 bridgehead atoms. The van der Waals surface area contributed by atoms with Crippen molar-refractivity contribution in [2.75, 3.05) is 26.3 Å². The van der Waals surface area contributed by atoms with Crippen LogP contribution in [0.5, 0.6) is 5.75 Å². The molecular weight excluding hydrogens is 266 g/mol. The molecule has 0 aliphatic carbocycles. The van der Waals surface area contributed by atoms with E-state index < -0.39 is 0 Å². The highest BCUT2D eigenvalue weighted by atomic mass is 16.5. The fourth-order valence-corrected chi connectivity index (χ4v) is 3.38. The highest BCUT2D eigenvalue weighted by molar-refractivity contribution is 5.98. The minimum atomic E-state index is 0.175. The van der Waals surface area contributed by atoms with E-state index >= 15 is 0 Å². The average Bonchev–Trinajstić information content (AvgIpc) is 2.97. The summed E-state index contributed by atoms with van der Waals surface area (Å²) in [4.78, 5) is 14.8. The zero-order valence-corrected chi connectivity index (χ0v) is 12.4. The predicted molar refractivity (Wildman–Crippen MR) is 80.9 cm³/mol. The number of piperidine rings is 1. The van der Waals surface area contributed by atoms with Gasteiger partial charge in [0.1, 0.15) is 5.75 Å². The quantitative estimate of drug-likeness (QED) is 0.843. The van der Waals surface area contributed by atoms with Gasteiger partial charge in [-0.15, -0.1) is 0 Å². The molecule has 1 atom stereocenters. The minimum Gasteiger partial charge on any atom is -0.493 e. The number of carbonyl (C=O) groups excluding carboxylic acids is 1. The fourth-order valence-electron chi connectivity index (χ4n) is 3.38. The molecule has 0 spiro atoms. The molecule has 2 aliphatic rings. The van der Waals surface area contributed by atoms with Crippen molar-refractivity contribution in [2.24, 2.45) is 0 Å². The number of ether oxygens (including phenoxy) is 1. The Morgan fingerprint density at radius 2 is 2.29 bits per heavy atom. The van der Waals surface area contributed by atoms with Gasteiger partial charge in [0, 0.05) is 24.6 Å². The Morgan fingerprint density at radius 1 is 1.38 bits per heavy atom. The number of aliphatic hydroxyl groups is 1. The Bertz CT molecular complexity index is 513. The molecule has 0 saturated carbocycles. The van der Waals surface area contributed by atoms with Crippen LogP contribution in [-0.4, -0.2) is 48.1 Å². The van der Waals surface area contributed by atoms with Crippen molar-refractivity contribution in [2.45, 2.75) is 38.1 Å². The van der Waals surface area contributed by atoms with E-state index in [1.165, 1.54) is 6.42 Å². The van der Waals surface area contributed by atoms with Crippen molar-refractivity contribution in [3.05, 3.63) is 29.3 Å². The van der Waals surface area contributed by atoms with Crippen LogP contribution in [0.2, 0.25) is 0 Å². The molecule has 1 fully saturated rings. The largest absolute Gasteiger partial charge is 0.493 e.